The third kappa shape index (κ3) is 5.49. The molecule has 0 spiro atoms. The number of nitrogens with one attached hydrogen (secondary N) is 1. The molecule has 1 aliphatic rings. The number of methoxy groups -OCH3 is 2. The number of fused-ring (bicyclic) bond motifs is 1. The lowest BCUT2D eigenvalue weighted by Crippen LogP contribution is -2.34. The van der Waals surface area contributed by atoms with Crippen LogP contribution in [0.15, 0.2) is 55.0 Å². The predicted molar refractivity (Wildman–Crippen MR) is 141 cm³/mol. The van der Waals surface area contributed by atoms with Gasteiger partial charge in [-0.3, -0.25) is 9.67 Å². The van der Waals surface area contributed by atoms with Gasteiger partial charge < -0.3 is 19.7 Å². The van der Waals surface area contributed by atoms with E-state index in [0.717, 1.165) is 77.6 Å². The summed E-state index contributed by atoms with van der Waals surface area (Å²) in [4.78, 5) is 11.9. The molecule has 1 fully saturated rings. The van der Waals surface area contributed by atoms with Crippen molar-refractivity contribution >= 4 is 34.8 Å². The molecule has 1 N–H and O–H groups in total. The summed E-state index contributed by atoms with van der Waals surface area (Å²) in [7, 11) is 5.26. The monoisotopic (exact) mass is 494 g/mol. The Balaban J connectivity index is 0.00000289. The van der Waals surface area contributed by atoms with Crippen LogP contribution in [0, 0.1) is 5.92 Å². The SMILES string of the molecule is COc1cc(OC)cc(N(CC2CCNCC2)c2ccc3ncc(-c4cnn(C)c4)nc3c2)c1.Cl. The highest BCUT2D eigenvalue weighted by molar-refractivity contribution is 5.85. The van der Waals surface area contributed by atoms with Gasteiger partial charge in [-0.05, 0) is 50.0 Å². The highest BCUT2D eigenvalue weighted by atomic mass is 35.5. The molecule has 1 aliphatic heterocycles. The normalized spacial score (nSPS) is 13.9. The molecule has 0 unspecified atom stereocenters. The van der Waals surface area contributed by atoms with Crippen LogP contribution in [-0.4, -0.2) is 53.6 Å². The van der Waals surface area contributed by atoms with E-state index in [-0.39, 0.29) is 12.4 Å². The molecule has 184 valence electrons. The largest absolute Gasteiger partial charge is 0.497 e. The summed E-state index contributed by atoms with van der Waals surface area (Å²) in [6.07, 6.45) is 7.86. The average molecular weight is 495 g/mol. The van der Waals surface area contributed by atoms with Crippen molar-refractivity contribution in [3.05, 3.63) is 55.0 Å². The summed E-state index contributed by atoms with van der Waals surface area (Å²) in [5.41, 5.74) is 5.58. The first-order valence-electron chi connectivity index (χ1n) is 11.6. The Labute approximate surface area is 211 Å². The van der Waals surface area contributed by atoms with Crippen molar-refractivity contribution in [3.8, 4) is 22.8 Å². The maximum absolute atomic E-state index is 5.56. The Morgan fingerprint density at radius 2 is 1.71 bits per heavy atom. The van der Waals surface area contributed by atoms with E-state index >= 15 is 0 Å². The first kappa shape index (κ1) is 24.8. The fourth-order valence-electron chi connectivity index (χ4n) is 4.49. The standard InChI is InChI=1S/C26H30N6O2.ClH/c1-31-17-19(14-29-31)26-15-28-24-5-4-20(12-25(24)30-26)32(16-18-6-8-27-9-7-18)21-10-22(33-2)13-23(11-21)34-3;/h4-5,10-15,17-18,27H,6-9,16H2,1-3H3;1H. The number of halogens is 1. The quantitative estimate of drug-likeness (QED) is 0.402. The van der Waals surface area contributed by atoms with Gasteiger partial charge in [0.2, 0.25) is 0 Å². The van der Waals surface area contributed by atoms with Crippen molar-refractivity contribution in [2.75, 3.05) is 38.8 Å². The minimum absolute atomic E-state index is 0. The molecule has 0 bridgehead atoms. The molecule has 2 aromatic heterocycles. The summed E-state index contributed by atoms with van der Waals surface area (Å²) in [6.45, 7) is 3.01. The number of aryl methyl sites for hydroxylation is 1. The van der Waals surface area contributed by atoms with Crippen LogP contribution in [-0.2, 0) is 7.05 Å². The van der Waals surface area contributed by atoms with Gasteiger partial charge >= 0.3 is 0 Å². The zero-order valence-corrected chi connectivity index (χ0v) is 21.1. The summed E-state index contributed by atoms with van der Waals surface area (Å²) < 4.78 is 12.9. The molecule has 0 aliphatic carbocycles. The van der Waals surface area contributed by atoms with Gasteiger partial charge in [0.1, 0.15) is 11.5 Å². The first-order chi connectivity index (χ1) is 16.6. The Bertz CT molecular complexity index is 1270. The van der Waals surface area contributed by atoms with Gasteiger partial charge in [-0.1, -0.05) is 0 Å². The minimum atomic E-state index is 0. The van der Waals surface area contributed by atoms with Crippen LogP contribution in [0.1, 0.15) is 12.8 Å². The van der Waals surface area contributed by atoms with Crippen LogP contribution < -0.4 is 19.7 Å². The second kappa shape index (κ2) is 10.9. The fraction of sp³-hybridized carbons (Fsp3) is 0.346. The van der Waals surface area contributed by atoms with E-state index in [1.165, 1.54) is 0 Å². The van der Waals surface area contributed by atoms with E-state index < -0.39 is 0 Å². The molecule has 5 rings (SSSR count). The van der Waals surface area contributed by atoms with Crippen LogP contribution in [0.25, 0.3) is 22.3 Å². The molecule has 0 atom stereocenters. The van der Waals surface area contributed by atoms with Crippen LogP contribution in [0.4, 0.5) is 11.4 Å². The lowest BCUT2D eigenvalue weighted by Gasteiger charge is -2.32. The lowest BCUT2D eigenvalue weighted by atomic mass is 9.97. The lowest BCUT2D eigenvalue weighted by molar-refractivity contribution is 0.379. The maximum atomic E-state index is 5.56. The molecule has 0 amide bonds. The molecule has 3 heterocycles. The second-order valence-electron chi connectivity index (χ2n) is 8.71. The van der Waals surface area contributed by atoms with E-state index in [2.05, 4.69) is 44.6 Å². The van der Waals surface area contributed by atoms with Crippen LogP contribution in [0.3, 0.4) is 0 Å². The average Bonchev–Trinajstić information content (AvgIpc) is 3.33. The Morgan fingerprint density at radius 1 is 0.971 bits per heavy atom. The molecular formula is C26H31ClN6O2. The molecular weight excluding hydrogens is 464 g/mol. The van der Waals surface area contributed by atoms with E-state index in [9.17, 15) is 0 Å². The zero-order chi connectivity index (χ0) is 23.5. The predicted octanol–water partition coefficient (Wildman–Crippen LogP) is 4.61. The summed E-state index contributed by atoms with van der Waals surface area (Å²) in [5.74, 6) is 2.12. The number of anilines is 2. The topological polar surface area (TPSA) is 77.3 Å². The van der Waals surface area contributed by atoms with Crippen LogP contribution in [0.5, 0.6) is 11.5 Å². The second-order valence-corrected chi connectivity index (χ2v) is 8.71. The van der Waals surface area contributed by atoms with Gasteiger partial charge in [0.25, 0.3) is 0 Å². The highest BCUT2D eigenvalue weighted by Gasteiger charge is 2.21. The van der Waals surface area contributed by atoms with E-state index in [0.29, 0.717) is 5.92 Å². The van der Waals surface area contributed by atoms with Gasteiger partial charge in [0.05, 0.1) is 43.3 Å². The van der Waals surface area contributed by atoms with Gasteiger partial charge in [-0.15, -0.1) is 12.4 Å². The minimum Gasteiger partial charge on any atom is -0.497 e. The number of piperidine rings is 1. The van der Waals surface area contributed by atoms with Crippen molar-refractivity contribution in [1.82, 2.24) is 25.1 Å². The summed E-state index contributed by atoms with van der Waals surface area (Å²) in [6, 6.07) is 12.3. The third-order valence-electron chi connectivity index (χ3n) is 6.39. The van der Waals surface area contributed by atoms with E-state index in [1.54, 1.807) is 25.1 Å². The number of aromatic nitrogens is 4. The van der Waals surface area contributed by atoms with Gasteiger partial charge in [0.15, 0.2) is 0 Å². The Hall–Kier alpha value is -3.36. The fourth-order valence-corrected chi connectivity index (χ4v) is 4.49. The van der Waals surface area contributed by atoms with Crippen molar-refractivity contribution in [1.29, 1.82) is 0 Å². The highest BCUT2D eigenvalue weighted by Crippen LogP contribution is 2.35. The third-order valence-corrected chi connectivity index (χ3v) is 6.39. The number of hydrogen-bond donors (Lipinski definition) is 1. The molecule has 1 saturated heterocycles. The molecule has 4 aromatic rings. The molecule has 9 heteroatoms. The molecule has 35 heavy (non-hydrogen) atoms. The summed E-state index contributed by atoms with van der Waals surface area (Å²) >= 11 is 0. The van der Waals surface area contributed by atoms with Gasteiger partial charge in [-0.2, -0.15) is 5.10 Å². The van der Waals surface area contributed by atoms with E-state index in [1.807, 2.05) is 31.6 Å². The van der Waals surface area contributed by atoms with Gasteiger partial charge in [0, 0.05) is 54.9 Å². The smallest absolute Gasteiger partial charge is 0.124 e. The van der Waals surface area contributed by atoms with Crippen LogP contribution in [0.2, 0.25) is 0 Å². The Kier molecular flexibility index (Phi) is 7.73. The number of benzene rings is 2. The van der Waals surface area contributed by atoms with Crippen molar-refractivity contribution in [2.45, 2.75) is 12.8 Å². The number of ether oxygens (including phenoxy) is 2. The summed E-state index contributed by atoms with van der Waals surface area (Å²) in [5, 5.41) is 7.74. The number of rotatable bonds is 7. The van der Waals surface area contributed by atoms with Crippen LogP contribution >= 0.6 is 12.4 Å². The molecule has 2 aromatic carbocycles. The van der Waals surface area contributed by atoms with Crippen molar-refractivity contribution in [3.63, 3.8) is 0 Å². The first-order valence-corrected chi connectivity index (χ1v) is 11.6. The molecule has 0 saturated carbocycles. The molecule has 8 nitrogen and oxygen atoms in total. The maximum Gasteiger partial charge on any atom is 0.124 e. The Morgan fingerprint density at radius 3 is 2.37 bits per heavy atom. The molecule has 0 radical (unpaired) electrons. The number of hydrogen-bond acceptors (Lipinski definition) is 7. The van der Waals surface area contributed by atoms with Crippen molar-refractivity contribution < 1.29 is 9.47 Å². The number of nitrogens with zero attached hydrogens (tertiary/aromatic N) is 5. The zero-order valence-electron chi connectivity index (χ0n) is 20.3. The van der Waals surface area contributed by atoms with Gasteiger partial charge in [-0.25, -0.2) is 4.98 Å². The van der Waals surface area contributed by atoms with E-state index in [4.69, 9.17) is 14.5 Å². The van der Waals surface area contributed by atoms with Crippen molar-refractivity contribution in [2.24, 2.45) is 13.0 Å².